The van der Waals surface area contributed by atoms with Crippen molar-refractivity contribution in [1.82, 2.24) is 14.1 Å². The molecule has 2 aromatic carbocycles. The van der Waals surface area contributed by atoms with Crippen molar-refractivity contribution in [3.8, 4) is 5.75 Å². The van der Waals surface area contributed by atoms with Crippen LogP contribution in [0.1, 0.15) is 30.5 Å². The summed E-state index contributed by atoms with van der Waals surface area (Å²) in [6.07, 6.45) is 0.838. The summed E-state index contributed by atoms with van der Waals surface area (Å²) >= 11 is 1.69. The number of carboxylic acids is 1. The first-order chi connectivity index (χ1) is 16.6. The van der Waals surface area contributed by atoms with Gasteiger partial charge in [0, 0.05) is 6.07 Å². The van der Waals surface area contributed by atoms with Gasteiger partial charge in [0.1, 0.15) is 9.67 Å². The number of H-pyrrole nitrogens is 1. The summed E-state index contributed by atoms with van der Waals surface area (Å²) in [5.41, 5.74) is 2.17. The van der Waals surface area contributed by atoms with Crippen molar-refractivity contribution in [2.75, 3.05) is 7.11 Å². The zero-order valence-corrected chi connectivity index (χ0v) is 22.3. The molecular weight excluding hydrogens is 563 g/mol. The summed E-state index contributed by atoms with van der Waals surface area (Å²) in [6, 6.07) is 13.1. The SMILES string of the molecule is COc1cc(/N=c2\[nH]c(=O)n(C[C@H](I)C(=O)O)c(=O)n2Cc2ccc(C)cc2)ccc1CC(C)C. The van der Waals surface area contributed by atoms with E-state index in [0.29, 0.717) is 17.4 Å². The number of hydrogen-bond donors (Lipinski definition) is 2. The van der Waals surface area contributed by atoms with Crippen LogP contribution in [0.25, 0.3) is 0 Å². The third-order valence-electron chi connectivity index (χ3n) is 5.39. The number of ether oxygens (including phenoxy) is 1. The molecule has 0 spiro atoms. The van der Waals surface area contributed by atoms with Gasteiger partial charge >= 0.3 is 17.3 Å². The molecule has 0 bridgehead atoms. The fraction of sp³-hybridized carbons (Fsp3) is 0.360. The molecule has 1 heterocycles. The number of carboxylic acid groups (broad SMARTS) is 1. The first-order valence-electron chi connectivity index (χ1n) is 11.2. The van der Waals surface area contributed by atoms with Crippen LogP contribution < -0.4 is 21.7 Å². The standard InChI is InChI=1S/C25H29IN4O5/c1-15(2)11-18-9-10-19(12-21(18)35-4)27-23-28-24(33)30(14-20(26)22(31)32)25(34)29(23)13-17-7-5-16(3)6-8-17/h5-10,12,15,20H,11,13-14H2,1-4H3,(H,31,32)(H,27,28,33)/t20-/m0/s1. The smallest absolute Gasteiger partial charge is 0.335 e. The Labute approximate surface area is 216 Å². The number of nitrogens with zero attached hydrogens (tertiary/aromatic N) is 3. The molecule has 35 heavy (non-hydrogen) atoms. The predicted molar refractivity (Wildman–Crippen MR) is 142 cm³/mol. The Morgan fingerprint density at radius 1 is 1.14 bits per heavy atom. The van der Waals surface area contributed by atoms with Crippen LogP contribution in [0.5, 0.6) is 5.75 Å². The number of rotatable bonds is 9. The lowest BCUT2D eigenvalue weighted by Gasteiger charge is -2.13. The van der Waals surface area contributed by atoms with Crippen LogP contribution in [0.3, 0.4) is 0 Å². The number of aryl methyl sites for hydroxylation is 1. The number of aromatic nitrogens is 3. The highest BCUT2D eigenvalue weighted by Crippen LogP contribution is 2.26. The van der Waals surface area contributed by atoms with E-state index < -0.39 is 21.3 Å². The molecular formula is C25H29IN4O5. The van der Waals surface area contributed by atoms with Crippen molar-refractivity contribution >= 4 is 34.2 Å². The fourth-order valence-electron chi connectivity index (χ4n) is 3.59. The number of benzene rings is 2. The molecule has 1 atom stereocenters. The van der Waals surface area contributed by atoms with E-state index >= 15 is 0 Å². The maximum atomic E-state index is 13.4. The first kappa shape index (κ1) is 26.5. The van der Waals surface area contributed by atoms with Gasteiger partial charge in [-0.2, -0.15) is 0 Å². The molecule has 0 aliphatic rings. The Morgan fingerprint density at radius 3 is 2.43 bits per heavy atom. The topological polar surface area (TPSA) is 119 Å². The molecule has 0 aliphatic carbocycles. The van der Waals surface area contributed by atoms with Gasteiger partial charge in [0.05, 0.1) is 25.9 Å². The van der Waals surface area contributed by atoms with Gasteiger partial charge in [0.25, 0.3) is 0 Å². The molecule has 0 unspecified atom stereocenters. The van der Waals surface area contributed by atoms with Crippen molar-refractivity contribution in [1.29, 1.82) is 0 Å². The van der Waals surface area contributed by atoms with Crippen molar-refractivity contribution in [3.63, 3.8) is 0 Å². The quantitative estimate of drug-likeness (QED) is 0.293. The van der Waals surface area contributed by atoms with E-state index in [1.54, 1.807) is 35.8 Å². The van der Waals surface area contributed by atoms with Gasteiger partial charge in [-0.15, -0.1) is 0 Å². The third-order valence-corrected chi connectivity index (χ3v) is 6.31. The van der Waals surface area contributed by atoms with Gasteiger partial charge in [-0.25, -0.2) is 19.1 Å². The number of alkyl halides is 1. The molecule has 3 rings (SSSR count). The van der Waals surface area contributed by atoms with E-state index in [4.69, 9.17) is 4.74 Å². The van der Waals surface area contributed by atoms with Gasteiger partial charge in [-0.3, -0.25) is 14.3 Å². The lowest BCUT2D eigenvalue weighted by atomic mass is 10.0. The summed E-state index contributed by atoms with van der Waals surface area (Å²) in [6.45, 7) is 6.09. The van der Waals surface area contributed by atoms with Gasteiger partial charge in [-0.1, -0.05) is 72.3 Å². The van der Waals surface area contributed by atoms with Gasteiger partial charge in [0.2, 0.25) is 5.62 Å². The molecule has 3 aromatic rings. The number of aromatic amines is 1. The second-order valence-corrected chi connectivity index (χ2v) is 10.2. The molecule has 0 amide bonds. The highest BCUT2D eigenvalue weighted by Gasteiger charge is 2.18. The van der Waals surface area contributed by atoms with Crippen molar-refractivity contribution in [2.45, 2.75) is 44.2 Å². The van der Waals surface area contributed by atoms with E-state index in [1.165, 1.54) is 4.57 Å². The Morgan fingerprint density at radius 2 is 1.83 bits per heavy atom. The molecule has 0 radical (unpaired) electrons. The van der Waals surface area contributed by atoms with Gasteiger partial charge in [0.15, 0.2) is 0 Å². The highest BCUT2D eigenvalue weighted by molar-refractivity contribution is 14.1. The normalized spacial score (nSPS) is 12.7. The minimum Gasteiger partial charge on any atom is -0.496 e. The van der Waals surface area contributed by atoms with Crippen LogP contribution in [0.4, 0.5) is 5.69 Å². The van der Waals surface area contributed by atoms with E-state index in [0.717, 1.165) is 27.7 Å². The summed E-state index contributed by atoms with van der Waals surface area (Å²) in [7, 11) is 1.59. The highest BCUT2D eigenvalue weighted by atomic mass is 127. The van der Waals surface area contributed by atoms with E-state index in [-0.39, 0.29) is 18.7 Å². The van der Waals surface area contributed by atoms with Gasteiger partial charge < -0.3 is 9.84 Å². The van der Waals surface area contributed by atoms with E-state index in [1.807, 2.05) is 43.3 Å². The lowest BCUT2D eigenvalue weighted by Crippen LogP contribution is -2.51. The Bertz CT molecular complexity index is 1390. The molecule has 0 fully saturated rings. The molecule has 0 aliphatic heterocycles. The average Bonchev–Trinajstić information content (AvgIpc) is 2.80. The minimum atomic E-state index is -1.11. The zero-order chi connectivity index (χ0) is 25.7. The fourth-order valence-corrected chi connectivity index (χ4v) is 3.99. The maximum Gasteiger partial charge on any atom is 0.335 e. The number of nitrogens with one attached hydrogen (secondary N) is 1. The van der Waals surface area contributed by atoms with Crippen LogP contribution in [0.15, 0.2) is 57.0 Å². The Balaban J connectivity index is 2.18. The second kappa shape index (κ2) is 11.5. The average molecular weight is 592 g/mol. The largest absolute Gasteiger partial charge is 0.496 e. The molecule has 2 N–H and O–H groups in total. The second-order valence-electron chi connectivity index (χ2n) is 8.73. The van der Waals surface area contributed by atoms with Crippen molar-refractivity contribution in [3.05, 3.63) is 85.7 Å². The Hall–Kier alpha value is -3.15. The summed E-state index contributed by atoms with van der Waals surface area (Å²) in [5.74, 6) is 0.0131. The van der Waals surface area contributed by atoms with Crippen molar-refractivity contribution < 1.29 is 14.6 Å². The summed E-state index contributed by atoms with van der Waals surface area (Å²) in [4.78, 5) is 44.7. The third kappa shape index (κ3) is 6.71. The molecule has 0 saturated heterocycles. The maximum absolute atomic E-state index is 13.4. The van der Waals surface area contributed by atoms with Crippen LogP contribution in [0, 0.1) is 12.8 Å². The van der Waals surface area contributed by atoms with E-state index in [2.05, 4.69) is 23.8 Å². The lowest BCUT2D eigenvalue weighted by molar-refractivity contribution is -0.136. The minimum absolute atomic E-state index is 0.0656. The molecule has 9 nitrogen and oxygen atoms in total. The first-order valence-corrected chi connectivity index (χ1v) is 12.4. The van der Waals surface area contributed by atoms with Crippen LogP contribution in [0.2, 0.25) is 0 Å². The summed E-state index contributed by atoms with van der Waals surface area (Å²) < 4.78 is 6.82. The predicted octanol–water partition coefficient (Wildman–Crippen LogP) is 3.02. The number of methoxy groups -OCH3 is 1. The Kier molecular flexibility index (Phi) is 8.71. The summed E-state index contributed by atoms with van der Waals surface area (Å²) in [5, 5.41) is 9.26. The number of carbonyl (C=O) groups is 1. The zero-order valence-electron chi connectivity index (χ0n) is 20.1. The monoisotopic (exact) mass is 592 g/mol. The molecule has 0 saturated carbocycles. The van der Waals surface area contributed by atoms with Crippen LogP contribution >= 0.6 is 22.6 Å². The van der Waals surface area contributed by atoms with Crippen LogP contribution in [-0.4, -0.2) is 36.2 Å². The number of halogens is 1. The molecule has 186 valence electrons. The molecule has 1 aromatic heterocycles. The van der Waals surface area contributed by atoms with E-state index in [9.17, 15) is 19.5 Å². The van der Waals surface area contributed by atoms with Gasteiger partial charge in [-0.05, 0) is 36.5 Å². The number of hydrogen-bond acceptors (Lipinski definition) is 5. The van der Waals surface area contributed by atoms with Crippen molar-refractivity contribution in [2.24, 2.45) is 10.9 Å². The molecule has 10 heteroatoms. The number of aliphatic carboxylic acids is 1. The van der Waals surface area contributed by atoms with Crippen LogP contribution in [-0.2, 0) is 24.3 Å².